The van der Waals surface area contributed by atoms with Crippen LogP contribution in [-0.2, 0) is 6.54 Å². The van der Waals surface area contributed by atoms with Gasteiger partial charge in [0.2, 0.25) is 0 Å². The van der Waals surface area contributed by atoms with Crippen LogP contribution >= 0.6 is 0 Å². The lowest BCUT2D eigenvalue weighted by atomic mass is 10.3. The molecule has 0 aliphatic rings. The van der Waals surface area contributed by atoms with Crippen LogP contribution in [0.2, 0.25) is 0 Å². The number of benzene rings is 1. The van der Waals surface area contributed by atoms with Gasteiger partial charge in [0.1, 0.15) is 5.75 Å². The summed E-state index contributed by atoms with van der Waals surface area (Å²) in [6, 6.07) is 9.77. The van der Waals surface area contributed by atoms with Gasteiger partial charge in [0.25, 0.3) is 0 Å². The predicted molar refractivity (Wildman–Crippen MR) is 59.0 cm³/mol. The van der Waals surface area contributed by atoms with Crippen LogP contribution in [0.25, 0.3) is 0 Å². The normalized spacial score (nSPS) is 9.93. The zero-order valence-electron chi connectivity index (χ0n) is 8.57. The Bertz CT molecular complexity index is 409. The van der Waals surface area contributed by atoms with Gasteiger partial charge < -0.3 is 14.5 Å². The Kier molecular flexibility index (Phi) is 2.93. The van der Waals surface area contributed by atoms with Gasteiger partial charge in [0.05, 0.1) is 19.6 Å². The van der Waals surface area contributed by atoms with Crippen molar-refractivity contribution in [3.8, 4) is 5.75 Å². The molecule has 0 spiro atoms. The Morgan fingerprint density at radius 1 is 1.33 bits per heavy atom. The van der Waals surface area contributed by atoms with Crippen molar-refractivity contribution in [2.75, 3.05) is 12.4 Å². The van der Waals surface area contributed by atoms with Crippen LogP contribution in [0.1, 0.15) is 5.56 Å². The number of hydrogen-bond donors (Lipinski definition) is 1. The topological polar surface area (TPSA) is 34.4 Å². The monoisotopic (exact) mass is 203 g/mol. The van der Waals surface area contributed by atoms with Crippen LogP contribution in [-0.4, -0.2) is 7.11 Å². The minimum atomic E-state index is 0.754. The van der Waals surface area contributed by atoms with Crippen molar-refractivity contribution in [1.29, 1.82) is 0 Å². The highest BCUT2D eigenvalue weighted by Crippen LogP contribution is 2.17. The summed E-state index contributed by atoms with van der Waals surface area (Å²) in [4.78, 5) is 0. The molecule has 15 heavy (non-hydrogen) atoms. The Hall–Kier alpha value is -1.90. The van der Waals surface area contributed by atoms with Gasteiger partial charge in [0, 0.05) is 23.9 Å². The Balaban J connectivity index is 1.98. The molecule has 1 heterocycles. The number of hydrogen-bond acceptors (Lipinski definition) is 3. The van der Waals surface area contributed by atoms with Crippen LogP contribution < -0.4 is 10.1 Å². The van der Waals surface area contributed by atoms with E-state index >= 15 is 0 Å². The van der Waals surface area contributed by atoms with Crippen molar-refractivity contribution in [3.63, 3.8) is 0 Å². The van der Waals surface area contributed by atoms with Gasteiger partial charge >= 0.3 is 0 Å². The minimum Gasteiger partial charge on any atom is -0.497 e. The van der Waals surface area contributed by atoms with Crippen molar-refractivity contribution >= 4 is 5.69 Å². The first-order valence-corrected chi connectivity index (χ1v) is 4.77. The van der Waals surface area contributed by atoms with E-state index in [4.69, 9.17) is 9.15 Å². The molecule has 3 nitrogen and oxygen atoms in total. The molecule has 0 atom stereocenters. The van der Waals surface area contributed by atoms with E-state index in [0.717, 1.165) is 23.5 Å². The zero-order valence-corrected chi connectivity index (χ0v) is 8.57. The largest absolute Gasteiger partial charge is 0.497 e. The molecule has 0 saturated heterocycles. The molecule has 3 heteroatoms. The number of ether oxygens (including phenoxy) is 1. The second kappa shape index (κ2) is 4.55. The predicted octanol–water partition coefficient (Wildman–Crippen LogP) is 2.90. The van der Waals surface area contributed by atoms with Crippen molar-refractivity contribution in [2.45, 2.75) is 6.54 Å². The molecule has 2 rings (SSSR count). The average molecular weight is 203 g/mol. The summed E-state index contributed by atoms with van der Waals surface area (Å²) in [5, 5.41) is 3.28. The first kappa shape index (κ1) is 9.65. The Morgan fingerprint density at radius 2 is 2.27 bits per heavy atom. The molecule has 1 N–H and O–H groups in total. The second-order valence-corrected chi connectivity index (χ2v) is 3.22. The van der Waals surface area contributed by atoms with Crippen LogP contribution in [0, 0.1) is 0 Å². The maximum Gasteiger partial charge on any atom is 0.120 e. The summed E-state index contributed by atoms with van der Waals surface area (Å²) in [7, 11) is 1.66. The fraction of sp³-hybridized carbons (Fsp3) is 0.167. The van der Waals surface area contributed by atoms with Crippen LogP contribution in [0.4, 0.5) is 5.69 Å². The number of anilines is 1. The highest BCUT2D eigenvalue weighted by Gasteiger charge is 1.96. The molecule has 0 radical (unpaired) electrons. The maximum atomic E-state index is 5.13. The maximum absolute atomic E-state index is 5.13. The first-order chi connectivity index (χ1) is 7.38. The van der Waals surface area contributed by atoms with Crippen LogP contribution in [0.3, 0.4) is 0 Å². The smallest absolute Gasteiger partial charge is 0.120 e. The zero-order chi connectivity index (χ0) is 10.5. The van der Waals surface area contributed by atoms with Gasteiger partial charge in [-0.1, -0.05) is 6.07 Å². The van der Waals surface area contributed by atoms with Gasteiger partial charge in [-0.25, -0.2) is 0 Å². The molecular weight excluding hydrogens is 190 g/mol. The molecule has 0 aliphatic carbocycles. The molecule has 0 saturated carbocycles. The fourth-order valence-corrected chi connectivity index (χ4v) is 1.33. The van der Waals surface area contributed by atoms with E-state index in [1.165, 1.54) is 0 Å². The molecular formula is C12H13NO2. The van der Waals surface area contributed by atoms with E-state index in [-0.39, 0.29) is 0 Å². The second-order valence-electron chi connectivity index (χ2n) is 3.22. The number of furan rings is 1. The highest BCUT2D eigenvalue weighted by molar-refractivity contribution is 5.48. The average Bonchev–Trinajstić information content (AvgIpc) is 2.79. The Labute approximate surface area is 88.7 Å². The summed E-state index contributed by atoms with van der Waals surface area (Å²) in [5.74, 6) is 0.854. The van der Waals surface area contributed by atoms with E-state index < -0.39 is 0 Å². The van der Waals surface area contributed by atoms with E-state index in [9.17, 15) is 0 Å². The molecule has 0 bridgehead atoms. The fourth-order valence-electron chi connectivity index (χ4n) is 1.33. The quantitative estimate of drug-likeness (QED) is 0.829. The summed E-state index contributed by atoms with van der Waals surface area (Å²) < 4.78 is 10.1. The molecule has 2 aromatic rings. The number of nitrogens with one attached hydrogen (secondary N) is 1. The summed E-state index contributed by atoms with van der Waals surface area (Å²) in [6.07, 6.45) is 3.40. The Morgan fingerprint density at radius 3 is 3.00 bits per heavy atom. The molecule has 0 amide bonds. The lowest BCUT2D eigenvalue weighted by Gasteiger charge is -2.06. The molecule has 0 fully saturated rings. The lowest BCUT2D eigenvalue weighted by Crippen LogP contribution is -1.97. The molecule has 78 valence electrons. The standard InChI is InChI=1S/C12H13NO2/c1-14-12-4-2-3-11(7-12)13-8-10-5-6-15-9-10/h2-7,9,13H,8H2,1H3. The van der Waals surface area contributed by atoms with Gasteiger partial charge in [-0.3, -0.25) is 0 Å². The van der Waals surface area contributed by atoms with Crippen LogP contribution in [0.5, 0.6) is 5.75 Å². The SMILES string of the molecule is COc1cccc(NCc2ccoc2)c1. The van der Waals surface area contributed by atoms with Crippen molar-refractivity contribution in [2.24, 2.45) is 0 Å². The van der Waals surface area contributed by atoms with Gasteiger partial charge in [-0.2, -0.15) is 0 Å². The minimum absolute atomic E-state index is 0.754. The van der Waals surface area contributed by atoms with Crippen LogP contribution in [0.15, 0.2) is 47.3 Å². The first-order valence-electron chi connectivity index (χ1n) is 4.77. The summed E-state index contributed by atoms with van der Waals surface area (Å²) in [5.41, 5.74) is 2.16. The summed E-state index contributed by atoms with van der Waals surface area (Å²) >= 11 is 0. The number of rotatable bonds is 4. The van der Waals surface area contributed by atoms with Crippen molar-refractivity contribution in [1.82, 2.24) is 0 Å². The van der Waals surface area contributed by atoms with Crippen molar-refractivity contribution < 1.29 is 9.15 Å². The van der Waals surface area contributed by atoms with E-state index in [2.05, 4.69) is 5.32 Å². The number of methoxy groups -OCH3 is 1. The highest BCUT2D eigenvalue weighted by atomic mass is 16.5. The van der Waals surface area contributed by atoms with Crippen molar-refractivity contribution in [3.05, 3.63) is 48.4 Å². The molecule has 1 aromatic heterocycles. The molecule has 0 unspecified atom stereocenters. The third kappa shape index (κ3) is 2.53. The van der Waals surface area contributed by atoms with Gasteiger partial charge in [-0.05, 0) is 18.2 Å². The molecule has 0 aliphatic heterocycles. The van der Waals surface area contributed by atoms with E-state index in [1.54, 1.807) is 19.6 Å². The third-order valence-electron chi connectivity index (χ3n) is 2.15. The molecule has 1 aromatic carbocycles. The van der Waals surface area contributed by atoms with Gasteiger partial charge in [0.15, 0.2) is 0 Å². The third-order valence-corrected chi connectivity index (χ3v) is 2.15. The van der Waals surface area contributed by atoms with E-state index in [0.29, 0.717) is 0 Å². The van der Waals surface area contributed by atoms with E-state index in [1.807, 2.05) is 30.3 Å². The van der Waals surface area contributed by atoms with Gasteiger partial charge in [-0.15, -0.1) is 0 Å². The summed E-state index contributed by atoms with van der Waals surface area (Å²) in [6.45, 7) is 0.754. The lowest BCUT2D eigenvalue weighted by molar-refractivity contribution is 0.415.